The van der Waals surface area contributed by atoms with Crippen molar-refractivity contribution in [3.63, 3.8) is 0 Å². The van der Waals surface area contributed by atoms with Crippen LogP contribution in [0.5, 0.6) is 0 Å². The summed E-state index contributed by atoms with van der Waals surface area (Å²) in [6.45, 7) is -0.530. The first-order chi connectivity index (χ1) is 12.5. The van der Waals surface area contributed by atoms with E-state index in [0.717, 1.165) is 5.56 Å². The van der Waals surface area contributed by atoms with Gasteiger partial charge in [-0.3, -0.25) is 19.7 Å². The van der Waals surface area contributed by atoms with Crippen molar-refractivity contribution in [2.24, 2.45) is 5.92 Å². The second-order valence-corrected chi connectivity index (χ2v) is 5.93. The van der Waals surface area contributed by atoms with Gasteiger partial charge >= 0.3 is 5.97 Å². The number of ether oxygens (including phenoxy) is 1. The number of amides is 1. The van der Waals surface area contributed by atoms with Gasteiger partial charge in [0.25, 0.3) is 11.6 Å². The van der Waals surface area contributed by atoms with Crippen molar-refractivity contribution in [1.82, 2.24) is 0 Å². The maximum Gasteiger partial charge on any atom is 0.310 e. The van der Waals surface area contributed by atoms with Gasteiger partial charge in [0.2, 0.25) is 0 Å². The lowest BCUT2D eigenvalue weighted by Crippen LogP contribution is -2.22. The van der Waals surface area contributed by atoms with Gasteiger partial charge in [-0.05, 0) is 36.1 Å². The van der Waals surface area contributed by atoms with Gasteiger partial charge < -0.3 is 10.1 Å². The van der Waals surface area contributed by atoms with Gasteiger partial charge in [0.1, 0.15) is 11.5 Å². The smallest absolute Gasteiger partial charge is 0.310 e. The summed E-state index contributed by atoms with van der Waals surface area (Å²) in [7, 11) is 0. The number of nitrogens with zero attached hydrogens (tertiary/aromatic N) is 1. The van der Waals surface area contributed by atoms with Crippen LogP contribution in [0.2, 0.25) is 0 Å². The number of para-hydroxylation sites is 2. The van der Waals surface area contributed by atoms with Crippen molar-refractivity contribution in [2.45, 2.75) is 12.3 Å². The average Bonchev–Trinajstić information content (AvgIpc) is 3.41. The Bertz CT molecular complexity index is 853. The molecule has 134 valence electrons. The zero-order valence-corrected chi connectivity index (χ0v) is 13.6. The SMILES string of the molecule is O=C(COC(=O)C1CC1c1ccc(F)cc1)Nc1ccccc1[N+](=O)[O-]. The molecule has 26 heavy (non-hydrogen) atoms. The molecule has 1 amide bonds. The van der Waals surface area contributed by atoms with E-state index in [1.165, 1.54) is 30.3 Å². The maximum atomic E-state index is 12.9. The molecule has 0 radical (unpaired) electrons. The van der Waals surface area contributed by atoms with Gasteiger partial charge in [-0.1, -0.05) is 24.3 Å². The Kier molecular flexibility index (Phi) is 4.92. The largest absolute Gasteiger partial charge is 0.455 e. The lowest BCUT2D eigenvalue weighted by atomic mass is 10.1. The summed E-state index contributed by atoms with van der Waals surface area (Å²) in [4.78, 5) is 34.2. The normalized spacial score (nSPS) is 18.0. The number of hydrogen-bond acceptors (Lipinski definition) is 5. The first-order valence-corrected chi connectivity index (χ1v) is 7.91. The van der Waals surface area contributed by atoms with E-state index in [-0.39, 0.29) is 29.0 Å². The Morgan fingerprint density at radius 3 is 2.58 bits per heavy atom. The Labute approximate surface area is 147 Å². The minimum Gasteiger partial charge on any atom is -0.455 e. The predicted molar refractivity (Wildman–Crippen MR) is 89.9 cm³/mol. The highest BCUT2D eigenvalue weighted by Gasteiger charge is 2.45. The number of anilines is 1. The van der Waals surface area contributed by atoms with E-state index in [4.69, 9.17) is 4.74 Å². The number of nitrogens with one attached hydrogen (secondary N) is 1. The molecule has 2 atom stereocenters. The monoisotopic (exact) mass is 358 g/mol. The molecule has 1 aliphatic carbocycles. The van der Waals surface area contributed by atoms with E-state index in [2.05, 4.69) is 5.32 Å². The third-order valence-electron chi connectivity index (χ3n) is 4.11. The van der Waals surface area contributed by atoms with Crippen LogP contribution < -0.4 is 5.32 Å². The lowest BCUT2D eigenvalue weighted by Gasteiger charge is -2.07. The van der Waals surface area contributed by atoms with Gasteiger partial charge in [0.05, 0.1) is 10.8 Å². The molecule has 1 saturated carbocycles. The molecule has 2 aromatic rings. The molecule has 0 aromatic heterocycles. The lowest BCUT2D eigenvalue weighted by molar-refractivity contribution is -0.383. The van der Waals surface area contributed by atoms with Crippen molar-refractivity contribution >= 4 is 23.3 Å². The second kappa shape index (κ2) is 7.30. The molecule has 0 saturated heterocycles. The van der Waals surface area contributed by atoms with Crippen LogP contribution in [0, 0.1) is 21.8 Å². The van der Waals surface area contributed by atoms with Crippen LogP contribution in [0.25, 0.3) is 0 Å². The highest BCUT2D eigenvalue weighted by Crippen LogP contribution is 2.48. The van der Waals surface area contributed by atoms with E-state index in [0.29, 0.717) is 6.42 Å². The Morgan fingerprint density at radius 2 is 1.88 bits per heavy atom. The Morgan fingerprint density at radius 1 is 1.19 bits per heavy atom. The molecule has 2 aromatic carbocycles. The first kappa shape index (κ1) is 17.5. The average molecular weight is 358 g/mol. The summed E-state index contributed by atoms with van der Waals surface area (Å²) in [5.74, 6) is -1.93. The summed E-state index contributed by atoms with van der Waals surface area (Å²) in [6, 6.07) is 11.6. The first-order valence-electron chi connectivity index (χ1n) is 7.91. The molecular weight excluding hydrogens is 343 g/mol. The van der Waals surface area contributed by atoms with E-state index in [9.17, 15) is 24.1 Å². The molecular formula is C18H15FN2O5. The molecule has 1 N–H and O–H groups in total. The standard InChI is InChI=1S/C18H15FN2O5/c19-12-7-5-11(6-8-12)13-9-14(13)18(23)26-10-17(22)20-15-3-1-2-4-16(15)21(24)25/h1-8,13-14H,9-10H2,(H,20,22). The van der Waals surface area contributed by atoms with E-state index in [1.807, 2.05) is 0 Å². The van der Waals surface area contributed by atoms with Crippen LogP contribution in [-0.2, 0) is 14.3 Å². The van der Waals surface area contributed by atoms with Crippen LogP contribution in [0.3, 0.4) is 0 Å². The van der Waals surface area contributed by atoms with Crippen LogP contribution in [-0.4, -0.2) is 23.4 Å². The van der Waals surface area contributed by atoms with Gasteiger partial charge in [0, 0.05) is 6.07 Å². The van der Waals surface area contributed by atoms with Crippen LogP contribution in [0.15, 0.2) is 48.5 Å². The molecule has 7 nitrogen and oxygen atoms in total. The number of carbonyl (C=O) groups excluding carboxylic acids is 2. The fraction of sp³-hybridized carbons (Fsp3) is 0.222. The van der Waals surface area contributed by atoms with Gasteiger partial charge in [-0.2, -0.15) is 0 Å². The van der Waals surface area contributed by atoms with Crippen molar-refractivity contribution in [3.8, 4) is 0 Å². The molecule has 1 aliphatic rings. The third kappa shape index (κ3) is 4.02. The highest BCUT2D eigenvalue weighted by atomic mass is 19.1. The summed E-state index contributed by atoms with van der Waals surface area (Å²) < 4.78 is 17.9. The quantitative estimate of drug-likeness (QED) is 0.486. The summed E-state index contributed by atoms with van der Waals surface area (Å²) >= 11 is 0. The fourth-order valence-corrected chi connectivity index (χ4v) is 2.70. The number of nitro benzene ring substituents is 1. The van der Waals surface area contributed by atoms with Gasteiger partial charge in [-0.25, -0.2) is 4.39 Å². The van der Waals surface area contributed by atoms with E-state index < -0.39 is 23.4 Å². The van der Waals surface area contributed by atoms with E-state index >= 15 is 0 Å². The molecule has 2 unspecified atom stereocenters. The number of rotatable bonds is 6. The van der Waals surface area contributed by atoms with Crippen LogP contribution in [0.4, 0.5) is 15.8 Å². The molecule has 0 spiro atoms. The minimum absolute atomic E-state index is 0.0363. The number of carbonyl (C=O) groups is 2. The molecule has 8 heteroatoms. The number of halogens is 1. The molecule has 0 bridgehead atoms. The highest BCUT2D eigenvalue weighted by molar-refractivity contribution is 5.95. The van der Waals surface area contributed by atoms with Crippen molar-refractivity contribution < 1.29 is 23.6 Å². The molecule has 0 heterocycles. The molecule has 3 rings (SSSR count). The number of hydrogen-bond donors (Lipinski definition) is 1. The topological polar surface area (TPSA) is 98.5 Å². The summed E-state index contributed by atoms with van der Waals surface area (Å²) in [5, 5.41) is 13.3. The fourth-order valence-electron chi connectivity index (χ4n) is 2.70. The van der Waals surface area contributed by atoms with Gasteiger partial charge in [-0.15, -0.1) is 0 Å². The van der Waals surface area contributed by atoms with Crippen molar-refractivity contribution in [3.05, 3.63) is 70.0 Å². The zero-order valence-electron chi connectivity index (χ0n) is 13.6. The van der Waals surface area contributed by atoms with E-state index in [1.54, 1.807) is 18.2 Å². The number of esters is 1. The Balaban J connectivity index is 1.50. The maximum absolute atomic E-state index is 12.9. The van der Waals surface area contributed by atoms with Crippen LogP contribution in [0.1, 0.15) is 17.9 Å². The second-order valence-electron chi connectivity index (χ2n) is 5.93. The molecule has 0 aliphatic heterocycles. The minimum atomic E-state index is -0.661. The zero-order chi connectivity index (χ0) is 18.7. The van der Waals surface area contributed by atoms with Crippen molar-refractivity contribution in [2.75, 3.05) is 11.9 Å². The summed E-state index contributed by atoms with van der Waals surface area (Å²) in [6.07, 6.45) is 0.580. The number of nitro groups is 1. The van der Waals surface area contributed by atoms with Crippen LogP contribution >= 0.6 is 0 Å². The van der Waals surface area contributed by atoms with Crippen molar-refractivity contribution in [1.29, 1.82) is 0 Å². The molecule has 1 fully saturated rings. The summed E-state index contributed by atoms with van der Waals surface area (Å²) in [5.41, 5.74) is 0.637. The van der Waals surface area contributed by atoms with Gasteiger partial charge in [0.15, 0.2) is 6.61 Å². The third-order valence-corrected chi connectivity index (χ3v) is 4.11. The number of benzene rings is 2. The Hall–Kier alpha value is -3.29. The predicted octanol–water partition coefficient (Wildman–Crippen LogP) is 3.02.